The molecule has 0 bridgehead atoms. The number of hydrogen-bond acceptors (Lipinski definition) is 3. The normalized spacial score (nSPS) is 22.7. The zero-order valence-electron chi connectivity index (χ0n) is 15.5. The lowest BCUT2D eigenvalue weighted by atomic mass is 10.0. The number of anilines is 1. The minimum Gasteiger partial charge on any atom is -0.369 e. The number of rotatable bonds is 4. The molecule has 0 aromatic heterocycles. The van der Waals surface area contributed by atoms with E-state index in [1.54, 1.807) is 0 Å². The van der Waals surface area contributed by atoms with Gasteiger partial charge in [-0.15, -0.1) is 0 Å². The smallest absolute Gasteiger partial charge is 0.227 e. The second-order valence-electron chi connectivity index (χ2n) is 7.74. The number of nitrogens with zero attached hydrogens (tertiary/aromatic N) is 2. The summed E-state index contributed by atoms with van der Waals surface area (Å²) in [5, 5.41) is 0. The van der Waals surface area contributed by atoms with Crippen molar-refractivity contribution in [3.63, 3.8) is 0 Å². The monoisotopic (exact) mass is 344 g/mol. The van der Waals surface area contributed by atoms with Crippen molar-refractivity contribution in [1.82, 2.24) is 4.90 Å². The molecule has 0 N–H and O–H groups in total. The molecule has 136 valence electrons. The first kappa shape index (κ1) is 17.9. The molecule has 2 heterocycles. The molecule has 25 heavy (non-hydrogen) atoms. The molecule has 5 nitrogen and oxygen atoms in total. The Bertz CT molecular complexity index is 656. The van der Waals surface area contributed by atoms with Gasteiger partial charge in [0, 0.05) is 38.2 Å². The Hall–Kier alpha value is -1.88. The minimum absolute atomic E-state index is 0.0586. The maximum absolute atomic E-state index is 12.6. The highest BCUT2D eigenvalue weighted by molar-refractivity contribution is 5.96. The fraction of sp³-hybridized carbons (Fsp3) is 0.600. The molecule has 1 fully saturated rings. The first-order valence-electron chi connectivity index (χ1n) is 9.19. The molecule has 1 saturated heterocycles. The summed E-state index contributed by atoms with van der Waals surface area (Å²) in [6, 6.07) is 8.06. The topological polar surface area (TPSA) is 49.9 Å². The number of ether oxygens (including phenoxy) is 1. The van der Waals surface area contributed by atoms with Crippen LogP contribution in [0.1, 0.15) is 45.6 Å². The van der Waals surface area contributed by atoms with Crippen molar-refractivity contribution in [3.05, 3.63) is 29.8 Å². The summed E-state index contributed by atoms with van der Waals surface area (Å²) in [6.45, 7) is 7.92. The van der Waals surface area contributed by atoms with Gasteiger partial charge in [-0.1, -0.05) is 18.2 Å². The molecule has 1 unspecified atom stereocenters. The minimum atomic E-state index is -0.297. The maximum Gasteiger partial charge on any atom is 0.227 e. The van der Waals surface area contributed by atoms with E-state index in [0.717, 1.165) is 12.1 Å². The molecule has 0 aliphatic carbocycles. The van der Waals surface area contributed by atoms with Crippen LogP contribution in [0.5, 0.6) is 0 Å². The molecule has 1 atom stereocenters. The summed E-state index contributed by atoms with van der Waals surface area (Å²) in [4.78, 5) is 28.6. The Morgan fingerprint density at radius 2 is 2.04 bits per heavy atom. The Labute approximate surface area is 149 Å². The van der Waals surface area contributed by atoms with Gasteiger partial charge < -0.3 is 14.5 Å². The van der Waals surface area contributed by atoms with Crippen LogP contribution in [-0.2, 0) is 20.7 Å². The molecule has 2 amide bonds. The zero-order chi connectivity index (χ0) is 18.0. The number of para-hydroxylation sites is 1. The number of amides is 2. The van der Waals surface area contributed by atoms with Crippen molar-refractivity contribution in [2.45, 2.75) is 58.2 Å². The number of carbonyl (C=O) groups is 2. The molecular weight excluding hydrogens is 316 g/mol. The van der Waals surface area contributed by atoms with Gasteiger partial charge in [0.05, 0.1) is 11.7 Å². The van der Waals surface area contributed by atoms with Gasteiger partial charge in [0.2, 0.25) is 11.8 Å². The van der Waals surface area contributed by atoms with E-state index >= 15 is 0 Å². The van der Waals surface area contributed by atoms with E-state index in [0.29, 0.717) is 38.9 Å². The van der Waals surface area contributed by atoms with Crippen LogP contribution in [0, 0.1) is 0 Å². The second kappa shape index (κ2) is 7.16. The highest BCUT2D eigenvalue weighted by Gasteiger charge is 2.33. The average molecular weight is 344 g/mol. The fourth-order valence-electron chi connectivity index (χ4n) is 3.93. The number of hydrogen-bond donors (Lipinski definition) is 0. The van der Waals surface area contributed by atoms with E-state index in [1.807, 2.05) is 48.8 Å². The molecule has 1 aromatic carbocycles. The summed E-state index contributed by atoms with van der Waals surface area (Å²) in [6.07, 6.45) is 2.58. The standard InChI is InChI=1S/C20H28N2O3/c1-15-13-21(14-20(2,3)25-15)18(23)9-6-12-22-17-8-5-4-7-16(17)10-11-19(22)24/h4-5,7-8,15H,6,9-14H2,1-3H3. The molecule has 0 spiro atoms. The number of morpholine rings is 1. The maximum atomic E-state index is 12.6. The van der Waals surface area contributed by atoms with Gasteiger partial charge in [-0.3, -0.25) is 9.59 Å². The quantitative estimate of drug-likeness (QED) is 0.844. The van der Waals surface area contributed by atoms with Crippen LogP contribution in [0.3, 0.4) is 0 Å². The third-order valence-electron chi connectivity index (χ3n) is 4.89. The highest BCUT2D eigenvalue weighted by Crippen LogP contribution is 2.28. The highest BCUT2D eigenvalue weighted by atomic mass is 16.5. The van der Waals surface area contributed by atoms with Gasteiger partial charge >= 0.3 is 0 Å². The fourth-order valence-corrected chi connectivity index (χ4v) is 3.93. The summed E-state index contributed by atoms with van der Waals surface area (Å²) in [5.41, 5.74) is 1.93. The van der Waals surface area contributed by atoms with E-state index in [2.05, 4.69) is 6.07 Å². The first-order valence-corrected chi connectivity index (χ1v) is 9.19. The number of aryl methyl sites for hydroxylation is 1. The van der Waals surface area contributed by atoms with Crippen LogP contribution in [0.4, 0.5) is 5.69 Å². The van der Waals surface area contributed by atoms with Crippen LogP contribution in [0.2, 0.25) is 0 Å². The number of carbonyl (C=O) groups excluding carboxylic acids is 2. The van der Waals surface area contributed by atoms with Crippen molar-refractivity contribution >= 4 is 17.5 Å². The van der Waals surface area contributed by atoms with Crippen LogP contribution >= 0.6 is 0 Å². The first-order chi connectivity index (χ1) is 11.9. The van der Waals surface area contributed by atoms with Gasteiger partial charge in [0.15, 0.2) is 0 Å². The predicted octanol–water partition coefficient (Wildman–Crippen LogP) is 2.77. The molecule has 1 aromatic rings. The molecule has 5 heteroatoms. The van der Waals surface area contributed by atoms with Gasteiger partial charge in [-0.05, 0) is 45.2 Å². The third kappa shape index (κ3) is 4.21. The van der Waals surface area contributed by atoms with Crippen molar-refractivity contribution in [1.29, 1.82) is 0 Å². The van der Waals surface area contributed by atoms with E-state index < -0.39 is 0 Å². The van der Waals surface area contributed by atoms with Gasteiger partial charge in [-0.2, -0.15) is 0 Å². The Kier molecular flexibility index (Phi) is 5.13. The lowest BCUT2D eigenvalue weighted by Gasteiger charge is -2.41. The molecule has 0 radical (unpaired) electrons. The largest absolute Gasteiger partial charge is 0.369 e. The lowest BCUT2D eigenvalue weighted by molar-refractivity contribution is -0.158. The van der Waals surface area contributed by atoms with Crippen LogP contribution in [0.15, 0.2) is 24.3 Å². The van der Waals surface area contributed by atoms with E-state index in [-0.39, 0.29) is 23.5 Å². The van der Waals surface area contributed by atoms with E-state index in [1.165, 1.54) is 5.56 Å². The van der Waals surface area contributed by atoms with Gasteiger partial charge in [-0.25, -0.2) is 0 Å². The molecule has 2 aliphatic heterocycles. The summed E-state index contributed by atoms with van der Waals surface area (Å²) >= 11 is 0. The van der Waals surface area contributed by atoms with Crippen molar-refractivity contribution in [3.8, 4) is 0 Å². The van der Waals surface area contributed by atoms with Crippen LogP contribution < -0.4 is 4.90 Å². The Morgan fingerprint density at radius 1 is 1.28 bits per heavy atom. The molecule has 2 aliphatic rings. The lowest BCUT2D eigenvalue weighted by Crippen LogP contribution is -2.53. The predicted molar refractivity (Wildman–Crippen MR) is 97.6 cm³/mol. The Balaban J connectivity index is 1.56. The van der Waals surface area contributed by atoms with Crippen molar-refractivity contribution < 1.29 is 14.3 Å². The zero-order valence-corrected chi connectivity index (χ0v) is 15.5. The van der Waals surface area contributed by atoms with Crippen LogP contribution in [-0.4, -0.2) is 48.1 Å². The summed E-state index contributed by atoms with van der Waals surface area (Å²) in [7, 11) is 0. The van der Waals surface area contributed by atoms with Crippen molar-refractivity contribution in [2.24, 2.45) is 0 Å². The number of fused-ring (bicyclic) bond motifs is 1. The van der Waals surface area contributed by atoms with E-state index in [4.69, 9.17) is 4.74 Å². The van der Waals surface area contributed by atoms with Crippen molar-refractivity contribution in [2.75, 3.05) is 24.5 Å². The van der Waals surface area contributed by atoms with Crippen LogP contribution in [0.25, 0.3) is 0 Å². The van der Waals surface area contributed by atoms with Gasteiger partial charge in [0.1, 0.15) is 0 Å². The summed E-state index contributed by atoms with van der Waals surface area (Å²) < 4.78 is 5.86. The van der Waals surface area contributed by atoms with E-state index in [9.17, 15) is 9.59 Å². The SMILES string of the molecule is CC1CN(C(=O)CCCN2C(=O)CCc3ccccc32)CC(C)(C)O1. The van der Waals surface area contributed by atoms with Gasteiger partial charge in [0.25, 0.3) is 0 Å². The molecule has 0 saturated carbocycles. The average Bonchev–Trinajstić information content (AvgIpc) is 2.55. The third-order valence-corrected chi connectivity index (χ3v) is 4.89. The Morgan fingerprint density at radius 3 is 2.80 bits per heavy atom. The number of benzene rings is 1. The molecular formula is C20H28N2O3. The summed E-state index contributed by atoms with van der Waals surface area (Å²) in [5.74, 6) is 0.313. The second-order valence-corrected chi connectivity index (χ2v) is 7.74. The molecule has 3 rings (SSSR count).